The molecule has 0 aliphatic heterocycles. The number of nitrogens with zero attached hydrogens (tertiary/aromatic N) is 3. The Morgan fingerprint density at radius 1 is 1.06 bits per heavy atom. The molecule has 0 saturated heterocycles. The van der Waals surface area contributed by atoms with Gasteiger partial charge < -0.3 is 14.6 Å². The number of carbonyl (C=O) groups excluding carboxylic acids is 2. The van der Waals surface area contributed by atoms with Crippen molar-refractivity contribution < 1.29 is 14.0 Å². The van der Waals surface area contributed by atoms with E-state index in [0.717, 1.165) is 5.56 Å². The molecule has 8 heteroatoms. The Hall–Kier alpha value is -3.19. The van der Waals surface area contributed by atoms with Gasteiger partial charge in [0.15, 0.2) is 0 Å². The zero-order chi connectivity index (χ0) is 22.4. The highest BCUT2D eigenvalue weighted by molar-refractivity contribution is 6.33. The van der Waals surface area contributed by atoms with Gasteiger partial charge >= 0.3 is 0 Å². The zero-order valence-corrected chi connectivity index (χ0v) is 18.5. The Morgan fingerprint density at radius 3 is 2.39 bits per heavy atom. The maximum absolute atomic E-state index is 13.1. The molecule has 2 aromatic carbocycles. The molecule has 1 N–H and O–H groups in total. The first-order chi connectivity index (χ1) is 14.8. The molecule has 1 aromatic heterocycles. The van der Waals surface area contributed by atoms with Gasteiger partial charge in [0.1, 0.15) is 0 Å². The molecule has 0 spiro atoms. The van der Waals surface area contributed by atoms with Gasteiger partial charge in [0, 0.05) is 13.0 Å². The van der Waals surface area contributed by atoms with Gasteiger partial charge in [-0.15, -0.1) is 10.2 Å². The van der Waals surface area contributed by atoms with Crippen LogP contribution in [0.5, 0.6) is 0 Å². The summed E-state index contributed by atoms with van der Waals surface area (Å²) in [6.45, 7) is 5.43. The SMILES string of the molecule is CC(=O)NC(CC(=O)N(Cc1nnc(-c2ccccc2Cl)o1)C(C)C)c1ccccc1. The monoisotopic (exact) mass is 440 g/mol. The molecular formula is C23H25ClN4O3. The van der Waals surface area contributed by atoms with Gasteiger partial charge in [-0.25, -0.2) is 0 Å². The summed E-state index contributed by atoms with van der Waals surface area (Å²) in [4.78, 5) is 26.5. The van der Waals surface area contributed by atoms with Crippen molar-refractivity contribution in [1.82, 2.24) is 20.4 Å². The second kappa shape index (κ2) is 10.2. The number of nitrogens with one attached hydrogen (secondary N) is 1. The average molecular weight is 441 g/mol. The van der Waals surface area contributed by atoms with Crippen molar-refractivity contribution in [3.05, 3.63) is 71.1 Å². The molecule has 31 heavy (non-hydrogen) atoms. The van der Waals surface area contributed by atoms with Crippen LogP contribution in [0.25, 0.3) is 11.5 Å². The van der Waals surface area contributed by atoms with E-state index in [-0.39, 0.29) is 30.8 Å². The van der Waals surface area contributed by atoms with Gasteiger partial charge in [-0.1, -0.05) is 54.1 Å². The minimum atomic E-state index is -0.422. The van der Waals surface area contributed by atoms with Crippen molar-refractivity contribution in [3.8, 4) is 11.5 Å². The standard InChI is InChI=1S/C23H25ClN4O3/c1-15(2)28(14-21-26-27-23(31-21)18-11-7-8-12-19(18)24)22(30)13-20(25-16(3)29)17-9-5-4-6-10-17/h4-12,15,20H,13-14H2,1-3H3,(H,25,29). The lowest BCUT2D eigenvalue weighted by Gasteiger charge is -2.28. The first-order valence-electron chi connectivity index (χ1n) is 10.0. The van der Waals surface area contributed by atoms with Crippen molar-refractivity contribution in [1.29, 1.82) is 0 Å². The van der Waals surface area contributed by atoms with Gasteiger partial charge in [-0.05, 0) is 31.5 Å². The number of amides is 2. The lowest BCUT2D eigenvalue weighted by molar-refractivity contribution is -0.134. The van der Waals surface area contributed by atoms with Crippen LogP contribution in [-0.4, -0.2) is 33.0 Å². The molecule has 7 nitrogen and oxygen atoms in total. The quantitative estimate of drug-likeness (QED) is 0.561. The molecule has 2 amide bonds. The van der Waals surface area contributed by atoms with E-state index in [1.807, 2.05) is 56.3 Å². The van der Waals surface area contributed by atoms with Gasteiger partial charge in [-0.2, -0.15) is 0 Å². The van der Waals surface area contributed by atoms with Crippen molar-refractivity contribution in [2.24, 2.45) is 0 Å². The van der Waals surface area contributed by atoms with Crippen molar-refractivity contribution in [3.63, 3.8) is 0 Å². The molecule has 0 fully saturated rings. The molecule has 0 bridgehead atoms. The van der Waals surface area contributed by atoms with Crippen LogP contribution in [0, 0.1) is 0 Å². The lowest BCUT2D eigenvalue weighted by atomic mass is 10.0. The fourth-order valence-corrected chi connectivity index (χ4v) is 3.46. The molecule has 0 aliphatic rings. The molecule has 0 radical (unpaired) electrons. The zero-order valence-electron chi connectivity index (χ0n) is 17.7. The first kappa shape index (κ1) is 22.5. The highest BCUT2D eigenvalue weighted by Crippen LogP contribution is 2.27. The third kappa shape index (κ3) is 5.92. The predicted octanol–water partition coefficient (Wildman–Crippen LogP) is 4.39. The van der Waals surface area contributed by atoms with Gasteiger partial charge in [-0.3, -0.25) is 9.59 Å². The van der Waals surface area contributed by atoms with Crippen molar-refractivity contribution >= 4 is 23.4 Å². The summed E-state index contributed by atoms with van der Waals surface area (Å²) in [5.41, 5.74) is 1.51. The molecule has 162 valence electrons. The molecule has 3 rings (SSSR count). The van der Waals surface area contributed by atoms with E-state index in [0.29, 0.717) is 22.4 Å². The van der Waals surface area contributed by atoms with Crippen molar-refractivity contribution in [2.75, 3.05) is 0 Å². The molecule has 1 atom stereocenters. The Balaban J connectivity index is 1.76. The van der Waals surface area contributed by atoms with Crippen LogP contribution in [0.1, 0.15) is 44.7 Å². The Labute approximate surface area is 186 Å². The molecule has 0 aliphatic carbocycles. The minimum Gasteiger partial charge on any atom is -0.419 e. The molecule has 1 unspecified atom stereocenters. The number of rotatable bonds is 8. The molecule has 0 saturated carbocycles. The van der Waals surface area contributed by atoms with Crippen LogP contribution in [0.4, 0.5) is 0 Å². The number of aromatic nitrogens is 2. The summed E-state index contributed by atoms with van der Waals surface area (Å²) in [6.07, 6.45) is 0.118. The van der Waals surface area contributed by atoms with Gasteiger partial charge in [0.05, 0.1) is 29.6 Å². The van der Waals surface area contributed by atoms with E-state index in [1.165, 1.54) is 6.92 Å². The van der Waals surface area contributed by atoms with E-state index in [2.05, 4.69) is 15.5 Å². The highest BCUT2D eigenvalue weighted by Gasteiger charge is 2.25. The van der Waals surface area contributed by atoms with Crippen LogP contribution < -0.4 is 5.32 Å². The maximum atomic E-state index is 13.1. The van der Waals surface area contributed by atoms with E-state index in [9.17, 15) is 9.59 Å². The average Bonchev–Trinajstić information content (AvgIpc) is 3.20. The summed E-state index contributed by atoms with van der Waals surface area (Å²) < 4.78 is 5.77. The fourth-order valence-electron chi connectivity index (χ4n) is 3.24. The van der Waals surface area contributed by atoms with Crippen LogP contribution in [0.15, 0.2) is 59.0 Å². The third-order valence-electron chi connectivity index (χ3n) is 4.78. The molecule has 3 aromatic rings. The number of hydrogen-bond acceptors (Lipinski definition) is 5. The largest absolute Gasteiger partial charge is 0.419 e. The number of halogens is 1. The van der Waals surface area contributed by atoms with E-state index in [1.54, 1.807) is 17.0 Å². The highest BCUT2D eigenvalue weighted by atomic mass is 35.5. The second-order valence-corrected chi connectivity index (χ2v) is 7.87. The summed E-state index contributed by atoms with van der Waals surface area (Å²) in [7, 11) is 0. The van der Waals surface area contributed by atoms with Crippen LogP contribution >= 0.6 is 11.6 Å². The normalized spacial score (nSPS) is 11.9. The summed E-state index contributed by atoms with van der Waals surface area (Å²) in [5.74, 6) is 0.291. The Morgan fingerprint density at radius 2 is 1.74 bits per heavy atom. The van der Waals surface area contributed by atoms with Gasteiger partial charge in [0.2, 0.25) is 23.6 Å². The Kier molecular flexibility index (Phi) is 7.41. The third-order valence-corrected chi connectivity index (χ3v) is 5.11. The molecule has 1 heterocycles. The second-order valence-electron chi connectivity index (χ2n) is 7.46. The predicted molar refractivity (Wildman–Crippen MR) is 118 cm³/mol. The van der Waals surface area contributed by atoms with Crippen molar-refractivity contribution in [2.45, 2.75) is 45.8 Å². The topological polar surface area (TPSA) is 88.3 Å². The summed E-state index contributed by atoms with van der Waals surface area (Å²) >= 11 is 6.20. The van der Waals surface area contributed by atoms with Crippen LogP contribution in [-0.2, 0) is 16.1 Å². The first-order valence-corrected chi connectivity index (χ1v) is 10.4. The van der Waals surface area contributed by atoms with Crippen LogP contribution in [0.3, 0.4) is 0 Å². The Bertz CT molecular complexity index is 1040. The van der Waals surface area contributed by atoms with E-state index >= 15 is 0 Å². The van der Waals surface area contributed by atoms with Gasteiger partial charge in [0.25, 0.3) is 0 Å². The van der Waals surface area contributed by atoms with E-state index < -0.39 is 6.04 Å². The van der Waals surface area contributed by atoms with Crippen LogP contribution in [0.2, 0.25) is 5.02 Å². The number of carbonyl (C=O) groups is 2. The number of hydrogen-bond donors (Lipinski definition) is 1. The molecular weight excluding hydrogens is 416 g/mol. The maximum Gasteiger partial charge on any atom is 0.249 e. The smallest absolute Gasteiger partial charge is 0.249 e. The summed E-state index contributed by atoms with van der Waals surface area (Å²) in [6, 6.07) is 16.1. The van der Waals surface area contributed by atoms with E-state index in [4.69, 9.17) is 16.0 Å². The minimum absolute atomic E-state index is 0.100. The lowest BCUT2D eigenvalue weighted by Crippen LogP contribution is -2.39. The summed E-state index contributed by atoms with van der Waals surface area (Å²) in [5, 5.41) is 11.5. The fraction of sp³-hybridized carbons (Fsp3) is 0.304. The number of benzene rings is 2.